The molecule has 5 heteroatoms. The maximum Gasteiger partial charge on any atom is 0.322 e. The van der Waals surface area contributed by atoms with E-state index in [9.17, 15) is 9.59 Å². The van der Waals surface area contributed by atoms with Crippen LogP contribution >= 0.6 is 0 Å². The lowest BCUT2D eigenvalue weighted by Gasteiger charge is -2.08. The van der Waals surface area contributed by atoms with Crippen LogP contribution in [0.3, 0.4) is 0 Å². The zero-order valence-corrected chi connectivity index (χ0v) is 9.82. The van der Waals surface area contributed by atoms with Crippen LogP contribution in [0.5, 0.6) is 5.75 Å². The molecule has 5 nitrogen and oxygen atoms in total. The molecule has 0 saturated carbocycles. The fourth-order valence-electron chi connectivity index (χ4n) is 1.37. The van der Waals surface area contributed by atoms with E-state index in [2.05, 4.69) is 5.32 Å². The van der Waals surface area contributed by atoms with Crippen molar-refractivity contribution < 1.29 is 19.4 Å². The van der Waals surface area contributed by atoms with Gasteiger partial charge >= 0.3 is 5.97 Å². The molecule has 1 amide bonds. The summed E-state index contributed by atoms with van der Waals surface area (Å²) in [6.07, 6.45) is 0. The van der Waals surface area contributed by atoms with E-state index in [4.69, 9.17) is 9.84 Å². The third-order valence-corrected chi connectivity index (χ3v) is 2.14. The Balaban J connectivity index is 2.75. The number of ether oxygens (including phenoxy) is 1. The molecule has 0 aliphatic rings. The van der Waals surface area contributed by atoms with Gasteiger partial charge in [0, 0.05) is 5.56 Å². The topological polar surface area (TPSA) is 75.6 Å². The lowest BCUT2D eigenvalue weighted by Crippen LogP contribution is -2.29. The number of aryl methyl sites for hydroxylation is 1. The first-order valence-corrected chi connectivity index (χ1v) is 5.28. The molecule has 0 aromatic heterocycles. The predicted molar refractivity (Wildman–Crippen MR) is 62.3 cm³/mol. The van der Waals surface area contributed by atoms with Gasteiger partial charge in [-0.1, -0.05) is 0 Å². The smallest absolute Gasteiger partial charge is 0.322 e. The number of nitrogens with one attached hydrogen (secondary N) is 1. The highest BCUT2D eigenvalue weighted by molar-refractivity contribution is 5.96. The first-order chi connectivity index (χ1) is 8.04. The molecule has 0 aliphatic heterocycles. The number of hydrogen-bond acceptors (Lipinski definition) is 3. The van der Waals surface area contributed by atoms with Crippen molar-refractivity contribution in [3.8, 4) is 5.75 Å². The highest BCUT2D eigenvalue weighted by atomic mass is 16.5. The summed E-state index contributed by atoms with van der Waals surface area (Å²) in [7, 11) is 0. The van der Waals surface area contributed by atoms with Crippen molar-refractivity contribution in [3.63, 3.8) is 0 Å². The third-order valence-electron chi connectivity index (χ3n) is 2.14. The molecule has 2 N–H and O–H groups in total. The fourth-order valence-corrected chi connectivity index (χ4v) is 1.37. The predicted octanol–water partition coefficient (Wildman–Crippen LogP) is 1.21. The summed E-state index contributed by atoms with van der Waals surface area (Å²) in [5.41, 5.74) is 1.27. The standard InChI is InChI=1S/C12H15NO4/c1-3-17-10-5-4-9(6-8(10)2)12(16)13-7-11(14)15/h4-6H,3,7H2,1-2H3,(H,13,16)(H,14,15). The molecule has 0 aliphatic carbocycles. The van der Waals surface area contributed by atoms with Crippen molar-refractivity contribution in [1.29, 1.82) is 0 Å². The zero-order chi connectivity index (χ0) is 12.8. The van der Waals surface area contributed by atoms with Crippen molar-refractivity contribution in [2.45, 2.75) is 13.8 Å². The van der Waals surface area contributed by atoms with E-state index < -0.39 is 11.9 Å². The molecule has 0 radical (unpaired) electrons. The Morgan fingerprint density at radius 3 is 2.65 bits per heavy atom. The Kier molecular flexibility index (Phi) is 4.51. The largest absolute Gasteiger partial charge is 0.494 e. The molecule has 1 aromatic rings. The van der Waals surface area contributed by atoms with Crippen LogP contribution in [-0.4, -0.2) is 30.1 Å². The maximum atomic E-state index is 11.6. The van der Waals surface area contributed by atoms with Crippen LogP contribution in [0.15, 0.2) is 18.2 Å². The Labute approximate surface area is 99.4 Å². The van der Waals surface area contributed by atoms with Gasteiger partial charge in [-0.3, -0.25) is 9.59 Å². The second-order valence-corrected chi connectivity index (χ2v) is 3.49. The second kappa shape index (κ2) is 5.89. The summed E-state index contributed by atoms with van der Waals surface area (Å²) in [6, 6.07) is 4.98. The summed E-state index contributed by atoms with van der Waals surface area (Å²) in [5.74, 6) is -0.748. The molecule has 0 saturated heterocycles. The van der Waals surface area contributed by atoms with Crippen molar-refractivity contribution in [2.24, 2.45) is 0 Å². The molecule has 1 rings (SSSR count). The minimum absolute atomic E-state index is 0.384. The van der Waals surface area contributed by atoms with Crippen molar-refractivity contribution >= 4 is 11.9 Å². The summed E-state index contributed by atoms with van der Waals surface area (Å²) in [4.78, 5) is 21.9. The van der Waals surface area contributed by atoms with Crippen LogP contribution in [0, 0.1) is 6.92 Å². The van der Waals surface area contributed by atoms with Crippen molar-refractivity contribution in [3.05, 3.63) is 29.3 Å². The van der Waals surface area contributed by atoms with Gasteiger partial charge in [-0.25, -0.2) is 0 Å². The van der Waals surface area contributed by atoms with Gasteiger partial charge in [0.1, 0.15) is 12.3 Å². The van der Waals surface area contributed by atoms with Gasteiger partial charge in [0.15, 0.2) is 0 Å². The summed E-state index contributed by atoms with van der Waals surface area (Å²) in [6.45, 7) is 3.89. The van der Waals surface area contributed by atoms with Crippen LogP contribution in [0.25, 0.3) is 0 Å². The van der Waals surface area contributed by atoms with Gasteiger partial charge < -0.3 is 15.2 Å². The molecule has 0 heterocycles. The summed E-state index contributed by atoms with van der Waals surface area (Å²) < 4.78 is 5.34. The molecule has 17 heavy (non-hydrogen) atoms. The van der Waals surface area contributed by atoms with Gasteiger partial charge in [-0.05, 0) is 37.6 Å². The lowest BCUT2D eigenvalue weighted by atomic mass is 10.1. The molecule has 0 unspecified atom stereocenters. The Morgan fingerprint density at radius 2 is 2.12 bits per heavy atom. The van der Waals surface area contributed by atoms with Crippen LogP contribution in [0.2, 0.25) is 0 Å². The first-order valence-electron chi connectivity index (χ1n) is 5.28. The van der Waals surface area contributed by atoms with Gasteiger partial charge in [-0.2, -0.15) is 0 Å². The minimum atomic E-state index is -1.07. The van der Waals surface area contributed by atoms with Crippen LogP contribution in [-0.2, 0) is 4.79 Å². The Bertz CT molecular complexity index is 429. The number of aliphatic carboxylic acids is 1. The monoisotopic (exact) mass is 237 g/mol. The number of carbonyl (C=O) groups is 2. The maximum absolute atomic E-state index is 11.6. The molecule has 0 fully saturated rings. The van der Waals surface area contributed by atoms with Crippen molar-refractivity contribution in [1.82, 2.24) is 5.32 Å². The number of amides is 1. The SMILES string of the molecule is CCOc1ccc(C(=O)NCC(=O)O)cc1C. The second-order valence-electron chi connectivity index (χ2n) is 3.49. The van der Waals surface area contributed by atoms with Gasteiger partial charge in [0.25, 0.3) is 5.91 Å². The molecular formula is C12H15NO4. The number of hydrogen-bond donors (Lipinski definition) is 2. The van der Waals surface area contributed by atoms with E-state index in [0.717, 1.165) is 11.3 Å². The molecule has 92 valence electrons. The molecule has 0 spiro atoms. The quantitative estimate of drug-likeness (QED) is 0.807. The average molecular weight is 237 g/mol. The summed E-state index contributed by atoms with van der Waals surface area (Å²) in [5, 5.41) is 10.7. The van der Waals surface area contributed by atoms with Crippen LogP contribution < -0.4 is 10.1 Å². The van der Waals surface area contributed by atoms with E-state index in [-0.39, 0.29) is 6.54 Å². The average Bonchev–Trinajstić information content (AvgIpc) is 2.28. The first kappa shape index (κ1) is 13.0. The number of carbonyl (C=O) groups excluding carboxylic acids is 1. The highest BCUT2D eigenvalue weighted by Crippen LogP contribution is 2.18. The third kappa shape index (κ3) is 3.79. The Morgan fingerprint density at radius 1 is 1.41 bits per heavy atom. The van der Waals surface area contributed by atoms with E-state index in [1.165, 1.54) is 0 Å². The van der Waals surface area contributed by atoms with Crippen LogP contribution in [0.1, 0.15) is 22.8 Å². The van der Waals surface area contributed by atoms with E-state index >= 15 is 0 Å². The van der Waals surface area contributed by atoms with E-state index in [1.807, 2.05) is 13.8 Å². The van der Waals surface area contributed by atoms with Gasteiger partial charge in [0.05, 0.1) is 6.61 Å². The molecule has 1 aromatic carbocycles. The van der Waals surface area contributed by atoms with E-state index in [1.54, 1.807) is 18.2 Å². The molecule has 0 atom stereocenters. The lowest BCUT2D eigenvalue weighted by molar-refractivity contribution is -0.135. The number of carboxylic acid groups (broad SMARTS) is 1. The minimum Gasteiger partial charge on any atom is -0.494 e. The fraction of sp³-hybridized carbons (Fsp3) is 0.333. The number of benzene rings is 1. The van der Waals surface area contributed by atoms with Gasteiger partial charge in [-0.15, -0.1) is 0 Å². The van der Waals surface area contributed by atoms with E-state index in [0.29, 0.717) is 12.2 Å². The highest BCUT2D eigenvalue weighted by Gasteiger charge is 2.09. The number of rotatable bonds is 5. The van der Waals surface area contributed by atoms with Crippen molar-refractivity contribution in [2.75, 3.05) is 13.2 Å². The number of carboxylic acids is 1. The van der Waals surface area contributed by atoms with Crippen LogP contribution in [0.4, 0.5) is 0 Å². The Hall–Kier alpha value is -2.04. The van der Waals surface area contributed by atoms with Gasteiger partial charge in [0.2, 0.25) is 0 Å². The summed E-state index contributed by atoms with van der Waals surface area (Å²) >= 11 is 0. The zero-order valence-electron chi connectivity index (χ0n) is 9.82. The molecule has 0 bridgehead atoms. The normalized spacial score (nSPS) is 9.76. The molecular weight excluding hydrogens is 222 g/mol.